The lowest BCUT2D eigenvalue weighted by atomic mass is 10.0. The first-order valence-electron chi connectivity index (χ1n) is 4.69. The predicted octanol–water partition coefficient (Wildman–Crippen LogP) is 2.79. The molecule has 0 aliphatic carbocycles. The maximum absolute atomic E-state index is 12.3. The maximum Gasteiger partial charge on any atom is 0.419 e. The van der Waals surface area contributed by atoms with Gasteiger partial charge in [0.1, 0.15) is 12.0 Å². The molecular formula is C11H11F3O2. The molecule has 16 heavy (non-hydrogen) atoms. The zero-order valence-electron chi connectivity index (χ0n) is 8.58. The van der Waals surface area contributed by atoms with E-state index in [2.05, 4.69) is 0 Å². The number of hydrogen-bond acceptors (Lipinski definition) is 2. The van der Waals surface area contributed by atoms with Gasteiger partial charge in [0.05, 0.1) is 5.56 Å². The number of rotatable bonds is 3. The summed E-state index contributed by atoms with van der Waals surface area (Å²) in [5, 5.41) is 9.20. The Morgan fingerprint density at radius 1 is 1.44 bits per heavy atom. The van der Waals surface area contributed by atoms with Crippen molar-refractivity contribution in [2.45, 2.75) is 19.5 Å². The number of phenols is 1. The van der Waals surface area contributed by atoms with Crippen LogP contribution in [0.2, 0.25) is 0 Å². The first kappa shape index (κ1) is 12.5. The Morgan fingerprint density at radius 3 is 2.50 bits per heavy atom. The third kappa shape index (κ3) is 2.98. The van der Waals surface area contributed by atoms with Crippen LogP contribution < -0.4 is 0 Å². The minimum absolute atomic E-state index is 0.281. The third-order valence-corrected chi connectivity index (χ3v) is 2.16. The first-order chi connectivity index (χ1) is 7.34. The van der Waals surface area contributed by atoms with Crippen molar-refractivity contribution in [1.29, 1.82) is 0 Å². The monoisotopic (exact) mass is 232 g/mol. The molecule has 1 N–H and O–H groups in total. The van der Waals surface area contributed by atoms with Gasteiger partial charge in [-0.15, -0.1) is 0 Å². The van der Waals surface area contributed by atoms with Gasteiger partial charge in [0.15, 0.2) is 0 Å². The summed E-state index contributed by atoms with van der Waals surface area (Å²) in [5.74, 6) is -1.08. The smallest absolute Gasteiger partial charge is 0.419 e. The summed E-state index contributed by atoms with van der Waals surface area (Å²) in [6, 6.07) is 3.13. The number of aromatic hydroxyl groups is 1. The van der Waals surface area contributed by atoms with Gasteiger partial charge in [-0.1, -0.05) is 13.0 Å². The van der Waals surface area contributed by atoms with E-state index in [1.807, 2.05) is 0 Å². The second kappa shape index (κ2) is 4.55. The van der Waals surface area contributed by atoms with Crippen molar-refractivity contribution in [3.63, 3.8) is 0 Å². The summed E-state index contributed by atoms with van der Waals surface area (Å²) in [7, 11) is 0. The highest BCUT2D eigenvalue weighted by molar-refractivity contribution is 5.54. The number of carbonyl (C=O) groups excluding carboxylic acids is 1. The Bertz CT molecular complexity index is 385. The Hall–Kier alpha value is -1.52. The fraction of sp³-hybridized carbons (Fsp3) is 0.364. The Balaban J connectivity index is 2.95. The van der Waals surface area contributed by atoms with E-state index in [0.29, 0.717) is 18.3 Å². The van der Waals surface area contributed by atoms with Crippen LogP contribution in [-0.2, 0) is 17.4 Å². The lowest BCUT2D eigenvalue weighted by molar-refractivity contribution is -0.138. The maximum atomic E-state index is 12.3. The van der Waals surface area contributed by atoms with E-state index in [0.717, 1.165) is 12.1 Å². The van der Waals surface area contributed by atoms with E-state index in [1.165, 1.54) is 6.07 Å². The highest BCUT2D eigenvalue weighted by atomic mass is 19.4. The van der Waals surface area contributed by atoms with E-state index in [-0.39, 0.29) is 5.92 Å². The molecule has 0 bridgehead atoms. The van der Waals surface area contributed by atoms with Crippen LogP contribution in [-0.4, -0.2) is 11.4 Å². The minimum Gasteiger partial charge on any atom is -0.507 e. The molecule has 1 aromatic carbocycles. The van der Waals surface area contributed by atoms with Crippen molar-refractivity contribution in [3.8, 4) is 5.75 Å². The molecular weight excluding hydrogens is 221 g/mol. The van der Waals surface area contributed by atoms with Gasteiger partial charge < -0.3 is 9.90 Å². The SMILES string of the molecule is CC(C=O)Cc1ccc(C(F)(F)F)c(O)c1. The summed E-state index contributed by atoms with van der Waals surface area (Å²) in [6.07, 6.45) is -3.52. The van der Waals surface area contributed by atoms with Crippen molar-refractivity contribution in [1.82, 2.24) is 0 Å². The highest BCUT2D eigenvalue weighted by Gasteiger charge is 2.33. The lowest BCUT2D eigenvalue weighted by Gasteiger charge is -2.11. The molecule has 1 aromatic rings. The molecule has 1 atom stereocenters. The molecule has 0 aliphatic rings. The number of aldehydes is 1. The minimum atomic E-state index is -4.56. The predicted molar refractivity (Wildman–Crippen MR) is 52.0 cm³/mol. The molecule has 0 fully saturated rings. The number of benzene rings is 1. The van der Waals surface area contributed by atoms with Crippen LogP contribution in [0.1, 0.15) is 18.1 Å². The van der Waals surface area contributed by atoms with Crippen LogP contribution in [0.4, 0.5) is 13.2 Å². The molecule has 0 amide bonds. The molecule has 5 heteroatoms. The average Bonchev–Trinajstić information content (AvgIpc) is 2.15. The summed E-state index contributed by atoms with van der Waals surface area (Å²) in [5.41, 5.74) is -0.555. The van der Waals surface area contributed by atoms with Crippen LogP contribution in [0.25, 0.3) is 0 Å². The lowest BCUT2D eigenvalue weighted by Crippen LogP contribution is -2.06. The first-order valence-corrected chi connectivity index (χ1v) is 4.69. The van der Waals surface area contributed by atoms with Gasteiger partial charge in [0.2, 0.25) is 0 Å². The second-order valence-corrected chi connectivity index (χ2v) is 3.67. The zero-order valence-corrected chi connectivity index (χ0v) is 8.58. The number of hydrogen-bond donors (Lipinski definition) is 1. The van der Waals surface area contributed by atoms with E-state index >= 15 is 0 Å². The normalized spacial score (nSPS) is 13.5. The molecule has 2 nitrogen and oxygen atoms in total. The quantitative estimate of drug-likeness (QED) is 0.813. The van der Waals surface area contributed by atoms with E-state index in [4.69, 9.17) is 0 Å². The molecule has 0 saturated heterocycles. The van der Waals surface area contributed by atoms with Crippen LogP contribution in [0.5, 0.6) is 5.75 Å². The molecule has 1 unspecified atom stereocenters. The number of halogens is 3. The Morgan fingerprint density at radius 2 is 2.06 bits per heavy atom. The Kier molecular flexibility index (Phi) is 3.57. The third-order valence-electron chi connectivity index (χ3n) is 2.16. The zero-order chi connectivity index (χ0) is 12.3. The van der Waals surface area contributed by atoms with Gasteiger partial charge in [0.25, 0.3) is 0 Å². The van der Waals surface area contributed by atoms with Crippen LogP contribution in [0.15, 0.2) is 18.2 Å². The molecule has 0 aliphatic heterocycles. The Labute approximate surface area is 90.7 Å². The molecule has 0 heterocycles. The molecule has 0 radical (unpaired) electrons. The highest BCUT2D eigenvalue weighted by Crippen LogP contribution is 2.36. The van der Waals surface area contributed by atoms with Crippen LogP contribution in [0, 0.1) is 5.92 Å². The number of carbonyl (C=O) groups is 1. The summed E-state index contributed by atoms with van der Waals surface area (Å²) in [4.78, 5) is 10.4. The molecule has 0 aromatic heterocycles. The van der Waals surface area contributed by atoms with Gasteiger partial charge in [-0.3, -0.25) is 0 Å². The average molecular weight is 232 g/mol. The van der Waals surface area contributed by atoms with Crippen LogP contribution >= 0.6 is 0 Å². The molecule has 1 rings (SSSR count). The van der Waals surface area contributed by atoms with Gasteiger partial charge >= 0.3 is 6.18 Å². The second-order valence-electron chi connectivity index (χ2n) is 3.67. The topological polar surface area (TPSA) is 37.3 Å². The molecule has 0 saturated carbocycles. The van der Waals surface area contributed by atoms with E-state index in [9.17, 15) is 23.1 Å². The fourth-order valence-corrected chi connectivity index (χ4v) is 1.36. The van der Waals surface area contributed by atoms with Gasteiger partial charge in [0, 0.05) is 5.92 Å². The fourth-order valence-electron chi connectivity index (χ4n) is 1.36. The van der Waals surface area contributed by atoms with Crippen molar-refractivity contribution in [2.24, 2.45) is 5.92 Å². The summed E-state index contributed by atoms with van der Waals surface area (Å²) in [6.45, 7) is 1.65. The standard InChI is InChI=1S/C11H11F3O2/c1-7(6-15)4-8-2-3-9(10(16)5-8)11(12,13)14/h2-3,5-7,16H,4H2,1H3. The van der Waals surface area contributed by atoms with Gasteiger partial charge in [-0.25, -0.2) is 0 Å². The van der Waals surface area contributed by atoms with Crippen molar-refractivity contribution >= 4 is 6.29 Å². The molecule has 88 valence electrons. The van der Waals surface area contributed by atoms with Gasteiger partial charge in [-0.05, 0) is 24.1 Å². The largest absolute Gasteiger partial charge is 0.507 e. The number of alkyl halides is 3. The molecule has 0 spiro atoms. The summed E-state index contributed by atoms with van der Waals surface area (Å²) < 4.78 is 36.9. The van der Waals surface area contributed by atoms with Crippen molar-refractivity contribution in [3.05, 3.63) is 29.3 Å². The summed E-state index contributed by atoms with van der Waals surface area (Å²) >= 11 is 0. The number of phenolic OH excluding ortho intramolecular Hbond substituents is 1. The van der Waals surface area contributed by atoms with E-state index < -0.39 is 17.5 Å². The van der Waals surface area contributed by atoms with Gasteiger partial charge in [-0.2, -0.15) is 13.2 Å². The van der Waals surface area contributed by atoms with E-state index in [1.54, 1.807) is 6.92 Å². The van der Waals surface area contributed by atoms with Crippen molar-refractivity contribution in [2.75, 3.05) is 0 Å². The van der Waals surface area contributed by atoms with Crippen molar-refractivity contribution < 1.29 is 23.1 Å². The van der Waals surface area contributed by atoms with Crippen LogP contribution in [0.3, 0.4) is 0 Å².